The summed E-state index contributed by atoms with van der Waals surface area (Å²) < 4.78 is 16.3. The lowest BCUT2D eigenvalue weighted by molar-refractivity contribution is -0.139. The van der Waals surface area contributed by atoms with Gasteiger partial charge in [0.15, 0.2) is 0 Å². The van der Waals surface area contributed by atoms with Crippen LogP contribution in [0.25, 0.3) is 22.3 Å². The minimum atomic E-state index is -0.626. The number of aliphatic hydroxyl groups is 1. The van der Waals surface area contributed by atoms with Crippen LogP contribution >= 0.6 is 0 Å². The molecule has 6 heteroatoms. The van der Waals surface area contributed by atoms with Gasteiger partial charge in [-0.3, -0.25) is 0 Å². The van der Waals surface area contributed by atoms with Crippen molar-refractivity contribution in [3.8, 4) is 33.8 Å². The summed E-state index contributed by atoms with van der Waals surface area (Å²) >= 11 is 0. The highest BCUT2D eigenvalue weighted by Gasteiger charge is 2.32. The first kappa shape index (κ1) is 36.1. The van der Waals surface area contributed by atoms with Crippen molar-refractivity contribution in [3.63, 3.8) is 0 Å². The predicted octanol–water partition coefficient (Wildman–Crippen LogP) is 9.85. The van der Waals surface area contributed by atoms with E-state index in [0.717, 1.165) is 40.2 Å². The Hall–Kier alpha value is -4.16. The first-order chi connectivity index (χ1) is 23.7. The van der Waals surface area contributed by atoms with E-state index < -0.39 is 18.5 Å². The number of ether oxygens (including phenoxy) is 3. The fourth-order valence-corrected chi connectivity index (χ4v) is 7.71. The summed E-state index contributed by atoms with van der Waals surface area (Å²) in [5.41, 5.74) is 6.30. The molecule has 3 aromatic rings. The molecule has 2 fully saturated rings. The number of carbonyl (C=O) groups is 2. The molecule has 0 spiro atoms. The number of rotatable bonds is 14. The van der Waals surface area contributed by atoms with Crippen LogP contribution in [-0.4, -0.2) is 36.9 Å². The second kappa shape index (κ2) is 17.5. The molecule has 2 saturated carbocycles. The normalized spacial score (nSPS) is 20.6. The van der Waals surface area contributed by atoms with Crippen molar-refractivity contribution in [1.29, 1.82) is 0 Å². The topological polar surface area (TPSA) is 82.1 Å². The summed E-state index contributed by atoms with van der Waals surface area (Å²) in [4.78, 5) is 23.8. The third-order valence-corrected chi connectivity index (χ3v) is 10.5. The zero-order valence-corrected chi connectivity index (χ0v) is 29.3. The molecule has 0 radical (unpaired) electrons. The first-order valence-corrected chi connectivity index (χ1v) is 18.1. The van der Waals surface area contributed by atoms with Crippen LogP contribution < -0.4 is 9.47 Å². The van der Waals surface area contributed by atoms with E-state index in [1.54, 1.807) is 19.1 Å². The van der Waals surface area contributed by atoms with Crippen LogP contribution in [0.1, 0.15) is 89.5 Å². The fourth-order valence-electron chi connectivity index (χ4n) is 7.71. The second-order valence-corrected chi connectivity index (χ2v) is 13.9. The molecular formula is C43H52O6. The standard InChI is InChI=1S/C43H52O6/c1-5-6-31-7-9-32(10-8-31)33-11-13-36(14-12-33)41-27-37(34-15-20-38(21-16-34)47-25-26-48-42(45)29(2)3)19-24-40(41)35-17-22-39(23-18-35)49-43(46)30(4)28-44/h15-24,27,31-33,36,44H,2,4-14,25-26,28H2,1,3H3. The molecule has 49 heavy (non-hydrogen) atoms. The molecule has 6 nitrogen and oxygen atoms in total. The monoisotopic (exact) mass is 664 g/mol. The Labute approximate surface area is 292 Å². The van der Waals surface area contributed by atoms with Crippen LogP contribution in [-0.2, 0) is 14.3 Å². The molecule has 0 saturated heterocycles. The van der Waals surface area contributed by atoms with E-state index in [4.69, 9.17) is 14.2 Å². The van der Waals surface area contributed by atoms with Gasteiger partial charge in [-0.2, -0.15) is 0 Å². The average Bonchev–Trinajstić information content (AvgIpc) is 3.14. The predicted molar refractivity (Wildman–Crippen MR) is 195 cm³/mol. The van der Waals surface area contributed by atoms with Gasteiger partial charge in [0.25, 0.3) is 0 Å². The van der Waals surface area contributed by atoms with Crippen LogP contribution in [0.15, 0.2) is 91.0 Å². The van der Waals surface area contributed by atoms with Gasteiger partial charge in [0.2, 0.25) is 0 Å². The third-order valence-electron chi connectivity index (χ3n) is 10.5. The van der Waals surface area contributed by atoms with Crippen LogP contribution in [0.4, 0.5) is 0 Å². The molecule has 1 N–H and O–H groups in total. The van der Waals surface area contributed by atoms with Gasteiger partial charge in [0.05, 0.1) is 12.2 Å². The molecule has 0 atom stereocenters. The van der Waals surface area contributed by atoms with E-state index >= 15 is 0 Å². The number of carbonyl (C=O) groups excluding carboxylic acids is 2. The van der Waals surface area contributed by atoms with Crippen LogP contribution in [0.5, 0.6) is 11.5 Å². The number of esters is 2. The summed E-state index contributed by atoms with van der Waals surface area (Å²) in [6, 6.07) is 22.4. The number of hydrogen-bond donors (Lipinski definition) is 1. The molecule has 3 aromatic carbocycles. The Morgan fingerprint density at radius 3 is 1.94 bits per heavy atom. The van der Waals surface area contributed by atoms with E-state index in [9.17, 15) is 14.7 Å². The molecule has 0 unspecified atom stereocenters. The Bertz CT molecular complexity index is 1570. The highest BCUT2D eigenvalue weighted by atomic mass is 16.6. The Morgan fingerprint density at radius 1 is 0.735 bits per heavy atom. The molecule has 2 aliphatic carbocycles. The van der Waals surface area contributed by atoms with E-state index in [1.165, 1.54) is 75.3 Å². The van der Waals surface area contributed by atoms with Crippen molar-refractivity contribution in [2.45, 2.75) is 84.0 Å². The van der Waals surface area contributed by atoms with E-state index in [1.807, 2.05) is 24.3 Å². The summed E-state index contributed by atoms with van der Waals surface area (Å²) in [7, 11) is 0. The van der Waals surface area contributed by atoms with Crippen molar-refractivity contribution in [2.75, 3.05) is 19.8 Å². The van der Waals surface area contributed by atoms with Crippen molar-refractivity contribution in [3.05, 3.63) is 96.6 Å². The van der Waals surface area contributed by atoms with Gasteiger partial charge >= 0.3 is 11.9 Å². The maximum absolute atomic E-state index is 12.1. The maximum Gasteiger partial charge on any atom is 0.341 e. The van der Waals surface area contributed by atoms with E-state index in [2.05, 4.69) is 50.4 Å². The number of aliphatic hydroxyl groups excluding tert-OH is 1. The Balaban J connectivity index is 1.32. The fraction of sp³-hybridized carbons (Fsp3) is 0.442. The SMILES string of the molecule is C=C(C)C(=O)OCCOc1ccc(-c2ccc(-c3ccc(OC(=O)C(=C)CO)cc3)c(C3CCC(C4CCC(CCC)CC4)CC3)c2)cc1. The third kappa shape index (κ3) is 9.72. The van der Waals surface area contributed by atoms with Crippen LogP contribution in [0, 0.1) is 17.8 Å². The van der Waals surface area contributed by atoms with Crippen LogP contribution in [0.3, 0.4) is 0 Å². The minimum Gasteiger partial charge on any atom is -0.490 e. The quantitative estimate of drug-likeness (QED) is 0.0800. The van der Waals surface area contributed by atoms with Crippen molar-refractivity contribution >= 4 is 11.9 Å². The first-order valence-electron chi connectivity index (χ1n) is 18.1. The van der Waals surface area contributed by atoms with Gasteiger partial charge in [0.1, 0.15) is 24.7 Å². The Morgan fingerprint density at radius 2 is 1.33 bits per heavy atom. The smallest absolute Gasteiger partial charge is 0.341 e. The van der Waals surface area contributed by atoms with Gasteiger partial charge in [-0.25, -0.2) is 9.59 Å². The maximum atomic E-state index is 12.1. The molecule has 0 aromatic heterocycles. The van der Waals surface area contributed by atoms with Crippen molar-refractivity contribution in [2.24, 2.45) is 17.8 Å². The van der Waals surface area contributed by atoms with E-state index in [-0.39, 0.29) is 18.8 Å². The van der Waals surface area contributed by atoms with Gasteiger partial charge in [-0.05, 0) is 121 Å². The molecular weight excluding hydrogens is 612 g/mol. The summed E-state index contributed by atoms with van der Waals surface area (Å²) in [5.74, 6) is 3.24. The molecule has 0 heterocycles. The van der Waals surface area contributed by atoms with E-state index in [0.29, 0.717) is 17.2 Å². The van der Waals surface area contributed by atoms with Crippen LogP contribution in [0.2, 0.25) is 0 Å². The lowest BCUT2D eigenvalue weighted by Gasteiger charge is -2.38. The van der Waals surface area contributed by atoms with Gasteiger partial charge < -0.3 is 19.3 Å². The second-order valence-electron chi connectivity index (χ2n) is 13.9. The number of hydrogen-bond acceptors (Lipinski definition) is 6. The van der Waals surface area contributed by atoms with Gasteiger partial charge in [-0.1, -0.05) is 88.2 Å². The summed E-state index contributed by atoms with van der Waals surface area (Å²) in [5, 5.41) is 9.22. The summed E-state index contributed by atoms with van der Waals surface area (Å²) in [6.45, 7) is 11.1. The zero-order chi connectivity index (χ0) is 34.8. The zero-order valence-electron chi connectivity index (χ0n) is 29.3. The molecule has 5 rings (SSSR count). The van der Waals surface area contributed by atoms with Crippen molar-refractivity contribution < 1.29 is 28.9 Å². The molecule has 0 amide bonds. The molecule has 260 valence electrons. The van der Waals surface area contributed by atoms with Gasteiger partial charge in [-0.15, -0.1) is 0 Å². The Kier molecular flexibility index (Phi) is 12.9. The highest BCUT2D eigenvalue weighted by Crippen LogP contribution is 2.47. The lowest BCUT2D eigenvalue weighted by Crippen LogP contribution is -2.25. The lowest BCUT2D eigenvalue weighted by atomic mass is 9.67. The molecule has 2 aliphatic rings. The average molecular weight is 665 g/mol. The largest absolute Gasteiger partial charge is 0.490 e. The highest BCUT2D eigenvalue weighted by molar-refractivity contribution is 5.89. The summed E-state index contributed by atoms with van der Waals surface area (Å²) in [6.07, 6.45) is 13.3. The van der Waals surface area contributed by atoms with Crippen molar-refractivity contribution in [1.82, 2.24) is 0 Å². The minimum absolute atomic E-state index is 0.0234. The number of benzene rings is 3. The molecule has 0 bridgehead atoms. The van der Waals surface area contributed by atoms with Gasteiger partial charge in [0, 0.05) is 5.57 Å². The molecule has 0 aliphatic heterocycles.